The van der Waals surface area contributed by atoms with Crippen LogP contribution in [-0.4, -0.2) is 32.0 Å². The summed E-state index contributed by atoms with van der Waals surface area (Å²) in [5.74, 6) is 0.756. The lowest BCUT2D eigenvalue weighted by Gasteiger charge is -2.12. The molecule has 0 bridgehead atoms. The fourth-order valence-electron chi connectivity index (χ4n) is 2.77. The van der Waals surface area contributed by atoms with E-state index in [0.717, 1.165) is 12.8 Å². The molecule has 1 fully saturated rings. The summed E-state index contributed by atoms with van der Waals surface area (Å²) in [4.78, 5) is 17.3. The number of ketones is 1. The zero-order valence-electron chi connectivity index (χ0n) is 13.8. The quantitative estimate of drug-likeness (QED) is 0.442. The maximum absolute atomic E-state index is 13.1. The summed E-state index contributed by atoms with van der Waals surface area (Å²) >= 11 is 14.0. The highest BCUT2D eigenvalue weighted by Gasteiger charge is 2.33. The van der Waals surface area contributed by atoms with E-state index < -0.39 is 0 Å². The second-order valence-electron chi connectivity index (χ2n) is 6.02. The lowest BCUT2D eigenvalue weighted by atomic mass is 9.97. The Hall–Kier alpha value is -1.83. The van der Waals surface area contributed by atoms with Crippen LogP contribution in [0.15, 0.2) is 34.3 Å². The molecule has 0 atom stereocenters. The lowest BCUT2D eigenvalue weighted by molar-refractivity contribution is 0.103. The SMILES string of the molecule is CSc1ncn(Cc2c(C(=O)c3cnoc3C3CC3)ccc(Cl)c2Cl)n1. The van der Waals surface area contributed by atoms with E-state index in [2.05, 4.69) is 15.2 Å². The molecule has 0 aliphatic heterocycles. The third-order valence-electron chi connectivity index (χ3n) is 4.25. The Labute approximate surface area is 163 Å². The van der Waals surface area contributed by atoms with Crippen LogP contribution in [-0.2, 0) is 6.54 Å². The minimum Gasteiger partial charge on any atom is -0.360 e. The molecule has 9 heteroatoms. The second kappa shape index (κ2) is 7.06. The van der Waals surface area contributed by atoms with Crippen molar-refractivity contribution in [2.45, 2.75) is 30.5 Å². The van der Waals surface area contributed by atoms with Gasteiger partial charge in [-0.2, -0.15) is 0 Å². The average molecular weight is 409 g/mol. The standard InChI is InChI=1S/C17H14Cl2N4O2S/c1-26-17-20-8-23(22-17)7-12-10(4-5-13(18)14(12)19)15(24)11-6-21-25-16(11)9-2-3-9/h4-6,8-9H,2-3,7H2,1H3. The van der Waals surface area contributed by atoms with Gasteiger partial charge in [-0.15, -0.1) is 5.10 Å². The Kier molecular flexibility index (Phi) is 4.77. The van der Waals surface area contributed by atoms with Gasteiger partial charge in [0.2, 0.25) is 5.16 Å². The molecule has 0 spiro atoms. The van der Waals surface area contributed by atoms with Crippen LogP contribution in [0.3, 0.4) is 0 Å². The summed E-state index contributed by atoms with van der Waals surface area (Å²) in [7, 11) is 0. The van der Waals surface area contributed by atoms with Gasteiger partial charge in [0.15, 0.2) is 11.5 Å². The van der Waals surface area contributed by atoms with E-state index in [1.807, 2.05) is 6.26 Å². The minimum atomic E-state index is -0.174. The molecule has 1 saturated carbocycles. The fraction of sp³-hybridized carbons (Fsp3) is 0.294. The molecule has 6 nitrogen and oxygen atoms in total. The topological polar surface area (TPSA) is 73.8 Å². The molecule has 2 heterocycles. The summed E-state index contributed by atoms with van der Waals surface area (Å²) in [6.45, 7) is 0.290. The van der Waals surface area contributed by atoms with Crippen LogP contribution in [0.25, 0.3) is 0 Å². The predicted molar refractivity (Wildman–Crippen MR) is 99.3 cm³/mol. The summed E-state index contributed by atoms with van der Waals surface area (Å²) in [6.07, 6.45) is 7.00. The molecular weight excluding hydrogens is 395 g/mol. The monoisotopic (exact) mass is 408 g/mol. The van der Waals surface area contributed by atoms with Crippen LogP contribution in [0.2, 0.25) is 10.0 Å². The third kappa shape index (κ3) is 3.26. The van der Waals surface area contributed by atoms with Gasteiger partial charge < -0.3 is 4.52 Å². The highest BCUT2D eigenvalue weighted by Crippen LogP contribution is 2.42. The van der Waals surface area contributed by atoms with Gasteiger partial charge in [-0.1, -0.05) is 40.1 Å². The van der Waals surface area contributed by atoms with Crippen molar-refractivity contribution in [3.05, 3.63) is 57.2 Å². The molecular formula is C17H14Cl2N4O2S. The van der Waals surface area contributed by atoms with Gasteiger partial charge >= 0.3 is 0 Å². The molecule has 0 amide bonds. The van der Waals surface area contributed by atoms with Crippen molar-refractivity contribution in [1.29, 1.82) is 0 Å². The summed E-state index contributed by atoms with van der Waals surface area (Å²) in [5.41, 5.74) is 1.55. The molecule has 1 aromatic carbocycles. The zero-order valence-corrected chi connectivity index (χ0v) is 16.1. The van der Waals surface area contributed by atoms with E-state index >= 15 is 0 Å². The van der Waals surface area contributed by atoms with Gasteiger partial charge in [0.05, 0.1) is 28.4 Å². The number of nitrogens with zero attached hydrogens (tertiary/aromatic N) is 4. The van der Waals surface area contributed by atoms with E-state index in [4.69, 9.17) is 27.7 Å². The maximum Gasteiger partial charge on any atom is 0.208 e. The number of carbonyl (C=O) groups is 1. The van der Waals surface area contributed by atoms with E-state index in [-0.39, 0.29) is 18.2 Å². The van der Waals surface area contributed by atoms with E-state index in [1.54, 1.807) is 23.1 Å². The first-order valence-electron chi connectivity index (χ1n) is 7.98. The minimum absolute atomic E-state index is 0.174. The Bertz CT molecular complexity index is 981. The van der Waals surface area contributed by atoms with Crippen molar-refractivity contribution in [3.63, 3.8) is 0 Å². The van der Waals surface area contributed by atoms with Gasteiger partial charge in [-0.05, 0) is 31.2 Å². The highest BCUT2D eigenvalue weighted by molar-refractivity contribution is 7.98. The van der Waals surface area contributed by atoms with E-state index in [1.165, 1.54) is 18.0 Å². The summed E-state index contributed by atoms with van der Waals surface area (Å²) in [5, 5.41) is 9.52. The number of hydrogen-bond acceptors (Lipinski definition) is 6. The largest absolute Gasteiger partial charge is 0.360 e. The number of benzene rings is 1. The van der Waals surface area contributed by atoms with Crippen LogP contribution in [0.5, 0.6) is 0 Å². The molecule has 0 unspecified atom stereocenters. The summed E-state index contributed by atoms with van der Waals surface area (Å²) in [6, 6.07) is 3.31. The number of rotatable bonds is 6. The van der Waals surface area contributed by atoms with Gasteiger partial charge in [0.25, 0.3) is 0 Å². The molecule has 0 saturated heterocycles. The average Bonchev–Trinajstić information content (AvgIpc) is 3.19. The number of aromatic nitrogens is 4. The van der Waals surface area contributed by atoms with Gasteiger partial charge in [0, 0.05) is 17.0 Å². The van der Waals surface area contributed by atoms with E-state index in [0.29, 0.717) is 37.7 Å². The normalized spacial score (nSPS) is 14.0. The van der Waals surface area contributed by atoms with Crippen molar-refractivity contribution in [3.8, 4) is 0 Å². The number of halogens is 2. The third-order valence-corrected chi connectivity index (χ3v) is 5.65. The molecule has 134 valence electrons. The Morgan fingerprint density at radius 3 is 2.85 bits per heavy atom. The van der Waals surface area contributed by atoms with Crippen molar-refractivity contribution < 1.29 is 9.32 Å². The predicted octanol–water partition coefficient (Wildman–Crippen LogP) is 4.45. The smallest absolute Gasteiger partial charge is 0.208 e. The van der Waals surface area contributed by atoms with Gasteiger partial charge in [-0.3, -0.25) is 4.79 Å². The molecule has 1 aliphatic carbocycles. The molecule has 26 heavy (non-hydrogen) atoms. The Morgan fingerprint density at radius 2 is 2.15 bits per heavy atom. The van der Waals surface area contributed by atoms with Crippen LogP contribution < -0.4 is 0 Å². The second-order valence-corrected chi connectivity index (χ2v) is 7.58. The van der Waals surface area contributed by atoms with E-state index in [9.17, 15) is 4.79 Å². The first-order valence-corrected chi connectivity index (χ1v) is 9.96. The Morgan fingerprint density at radius 1 is 1.35 bits per heavy atom. The molecule has 4 rings (SSSR count). The molecule has 1 aliphatic rings. The number of carbonyl (C=O) groups excluding carboxylic acids is 1. The van der Waals surface area contributed by atoms with Crippen molar-refractivity contribution in [1.82, 2.24) is 19.9 Å². The zero-order chi connectivity index (χ0) is 18.3. The van der Waals surface area contributed by atoms with Crippen LogP contribution in [0, 0.1) is 0 Å². The van der Waals surface area contributed by atoms with Gasteiger partial charge in [-0.25, -0.2) is 9.67 Å². The van der Waals surface area contributed by atoms with Crippen LogP contribution in [0.1, 0.15) is 46.0 Å². The first-order chi connectivity index (χ1) is 12.6. The Balaban J connectivity index is 1.74. The van der Waals surface area contributed by atoms with Crippen molar-refractivity contribution in [2.24, 2.45) is 0 Å². The number of hydrogen-bond donors (Lipinski definition) is 0. The maximum atomic E-state index is 13.1. The molecule has 0 N–H and O–H groups in total. The van der Waals surface area contributed by atoms with Crippen LogP contribution >= 0.6 is 35.0 Å². The van der Waals surface area contributed by atoms with Gasteiger partial charge in [0.1, 0.15) is 6.33 Å². The fourth-order valence-corrected chi connectivity index (χ4v) is 3.51. The molecule has 0 radical (unpaired) electrons. The lowest BCUT2D eigenvalue weighted by Crippen LogP contribution is -2.11. The van der Waals surface area contributed by atoms with Crippen LogP contribution in [0.4, 0.5) is 0 Å². The molecule has 2 aromatic heterocycles. The van der Waals surface area contributed by atoms with Crippen molar-refractivity contribution in [2.75, 3.05) is 6.26 Å². The summed E-state index contributed by atoms with van der Waals surface area (Å²) < 4.78 is 6.94. The van der Waals surface area contributed by atoms with Crippen molar-refractivity contribution >= 4 is 40.7 Å². The number of thioether (sulfide) groups is 1. The highest BCUT2D eigenvalue weighted by atomic mass is 35.5. The molecule has 3 aromatic rings. The first kappa shape index (κ1) is 17.6.